The van der Waals surface area contributed by atoms with Crippen molar-refractivity contribution in [3.63, 3.8) is 0 Å². The predicted molar refractivity (Wildman–Crippen MR) is 120 cm³/mol. The highest BCUT2D eigenvalue weighted by Gasteiger charge is 2.26. The fraction of sp³-hybridized carbons (Fsp3) is 0.261. The van der Waals surface area contributed by atoms with Crippen LogP contribution in [0.25, 0.3) is 0 Å². The minimum absolute atomic E-state index is 0.0207. The number of methoxy groups -OCH3 is 1. The number of ether oxygens (including phenoxy) is 1. The Morgan fingerprint density at radius 2 is 2.00 bits per heavy atom. The van der Waals surface area contributed by atoms with Gasteiger partial charge in [0.1, 0.15) is 17.6 Å². The standard InChI is InChI=1S/C23H24N4O3S/c1-26-14-12-24-23(26)22(16-7-9-17(30-2)10-8-16)25-20(28)11-13-27-18-5-3-4-6-19(18)31-15-21(27)29/h3-10,12,14,22H,11,13,15H2,1-2H3,(H,25,28). The summed E-state index contributed by atoms with van der Waals surface area (Å²) in [6.07, 6.45) is 3.75. The van der Waals surface area contributed by atoms with Gasteiger partial charge in [0, 0.05) is 37.3 Å². The van der Waals surface area contributed by atoms with Gasteiger partial charge in [-0.2, -0.15) is 0 Å². The van der Waals surface area contributed by atoms with E-state index < -0.39 is 6.04 Å². The van der Waals surface area contributed by atoms with Gasteiger partial charge in [0.15, 0.2) is 0 Å². The van der Waals surface area contributed by atoms with Gasteiger partial charge in [-0.1, -0.05) is 24.3 Å². The normalized spacial score (nSPS) is 14.1. The summed E-state index contributed by atoms with van der Waals surface area (Å²) in [5, 5.41) is 3.09. The second kappa shape index (κ2) is 9.26. The molecule has 0 bridgehead atoms. The van der Waals surface area contributed by atoms with Crippen molar-refractivity contribution in [1.82, 2.24) is 14.9 Å². The monoisotopic (exact) mass is 436 g/mol. The SMILES string of the molecule is COc1ccc(C(NC(=O)CCN2C(=O)CSc3ccccc32)c2nccn2C)cc1. The molecule has 0 saturated heterocycles. The van der Waals surface area contributed by atoms with Gasteiger partial charge in [0.2, 0.25) is 11.8 Å². The minimum atomic E-state index is -0.404. The van der Waals surface area contributed by atoms with Crippen molar-refractivity contribution in [2.75, 3.05) is 24.3 Å². The number of rotatable bonds is 7. The number of hydrogen-bond acceptors (Lipinski definition) is 5. The van der Waals surface area contributed by atoms with Gasteiger partial charge in [-0.15, -0.1) is 11.8 Å². The summed E-state index contributed by atoms with van der Waals surface area (Å²) in [5.41, 5.74) is 1.77. The molecule has 1 aliphatic heterocycles. The van der Waals surface area contributed by atoms with Crippen LogP contribution in [-0.2, 0) is 16.6 Å². The Morgan fingerprint density at radius 1 is 1.23 bits per heavy atom. The molecule has 0 spiro atoms. The number of carbonyl (C=O) groups excluding carboxylic acids is 2. The van der Waals surface area contributed by atoms with E-state index in [2.05, 4.69) is 10.3 Å². The van der Waals surface area contributed by atoms with Crippen molar-refractivity contribution < 1.29 is 14.3 Å². The Hall–Kier alpha value is -3.26. The summed E-state index contributed by atoms with van der Waals surface area (Å²) >= 11 is 1.53. The van der Waals surface area contributed by atoms with Crippen LogP contribution in [0.5, 0.6) is 5.75 Å². The minimum Gasteiger partial charge on any atom is -0.497 e. The molecule has 160 valence electrons. The molecule has 1 N–H and O–H groups in total. The number of benzene rings is 2. The van der Waals surface area contributed by atoms with Crippen molar-refractivity contribution in [2.45, 2.75) is 17.4 Å². The molecule has 3 aromatic rings. The number of aryl methyl sites for hydroxylation is 1. The number of hydrogen-bond donors (Lipinski definition) is 1. The lowest BCUT2D eigenvalue weighted by Gasteiger charge is -2.29. The molecule has 4 rings (SSSR count). The van der Waals surface area contributed by atoms with Crippen LogP contribution in [-0.4, -0.2) is 40.8 Å². The van der Waals surface area contributed by atoms with Crippen LogP contribution >= 0.6 is 11.8 Å². The molecule has 7 nitrogen and oxygen atoms in total. The number of amides is 2. The van der Waals surface area contributed by atoms with E-state index >= 15 is 0 Å². The number of imidazole rings is 1. The number of anilines is 1. The lowest BCUT2D eigenvalue weighted by molar-refractivity contribution is -0.121. The highest BCUT2D eigenvalue weighted by atomic mass is 32.2. The number of aromatic nitrogens is 2. The maximum atomic E-state index is 12.9. The Kier molecular flexibility index (Phi) is 6.27. The zero-order valence-corrected chi connectivity index (χ0v) is 18.3. The van der Waals surface area contributed by atoms with Crippen LogP contribution in [0, 0.1) is 0 Å². The second-order valence-electron chi connectivity index (χ2n) is 7.22. The molecular formula is C23H24N4O3S. The van der Waals surface area contributed by atoms with Crippen molar-refractivity contribution >= 4 is 29.3 Å². The Morgan fingerprint density at radius 3 is 2.71 bits per heavy atom. The third-order valence-electron chi connectivity index (χ3n) is 5.24. The van der Waals surface area contributed by atoms with Gasteiger partial charge in [-0.05, 0) is 29.8 Å². The molecule has 1 aliphatic rings. The van der Waals surface area contributed by atoms with Gasteiger partial charge < -0.3 is 19.5 Å². The average Bonchev–Trinajstić information content (AvgIpc) is 3.22. The lowest BCUT2D eigenvalue weighted by atomic mass is 10.1. The van der Waals surface area contributed by atoms with E-state index in [-0.39, 0.29) is 18.2 Å². The van der Waals surface area contributed by atoms with E-state index in [0.29, 0.717) is 12.3 Å². The van der Waals surface area contributed by atoms with Crippen LogP contribution in [0.4, 0.5) is 5.69 Å². The molecule has 2 aromatic carbocycles. The average molecular weight is 437 g/mol. The maximum absolute atomic E-state index is 12.9. The number of para-hydroxylation sites is 1. The summed E-state index contributed by atoms with van der Waals surface area (Å²) < 4.78 is 7.13. The van der Waals surface area contributed by atoms with Crippen molar-refractivity contribution in [1.29, 1.82) is 0 Å². The first-order valence-electron chi connectivity index (χ1n) is 9.99. The number of fused-ring (bicyclic) bond motifs is 1. The molecule has 0 saturated carbocycles. The zero-order valence-electron chi connectivity index (χ0n) is 17.4. The molecule has 0 radical (unpaired) electrons. The maximum Gasteiger partial charge on any atom is 0.237 e. The van der Waals surface area contributed by atoms with Crippen molar-refractivity contribution in [2.24, 2.45) is 7.05 Å². The molecule has 2 heterocycles. The van der Waals surface area contributed by atoms with Gasteiger partial charge in [-0.3, -0.25) is 9.59 Å². The highest BCUT2D eigenvalue weighted by molar-refractivity contribution is 8.00. The van der Waals surface area contributed by atoms with Crippen molar-refractivity contribution in [3.05, 3.63) is 72.3 Å². The Bertz CT molecular complexity index is 1080. The lowest BCUT2D eigenvalue weighted by Crippen LogP contribution is -2.39. The Labute approximate surface area is 185 Å². The van der Waals surface area contributed by atoms with E-state index in [1.54, 1.807) is 18.2 Å². The predicted octanol–water partition coefficient (Wildman–Crippen LogP) is 3.16. The smallest absolute Gasteiger partial charge is 0.237 e. The van der Waals surface area contributed by atoms with Gasteiger partial charge in [0.25, 0.3) is 0 Å². The summed E-state index contributed by atoms with van der Waals surface area (Å²) in [4.78, 5) is 32.5. The molecule has 0 aliphatic carbocycles. The third-order valence-corrected chi connectivity index (χ3v) is 6.29. The van der Waals surface area contributed by atoms with Crippen LogP contribution in [0.3, 0.4) is 0 Å². The number of thioether (sulfide) groups is 1. The number of nitrogens with one attached hydrogen (secondary N) is 1. The largest absolute Gasteiger partial charge is 0.497 e. The van der Waals surface area contributed by atoms with Gasteiger partial charge in [0.05, 0.1) is 18.6 Å². The molecule has 1 aromatic heterocycles. The molecule has 31 heavy (non-hydrogen) atoms. The molecule has 2 amide bonds. The molecule has 1 unspecified atom stereocenters. The molecule has 0 fully saturated rings. The Balaban J connectivity index is 1.49. The van der Waals surface area contributed by atoms with Crippen molar-refractivity contribution in [3.8, 4) is 5.75 Å². The fourth-order valence-corrected chi connectivity index (χ4v) is 4.53. The summed E-state index contributed by atoms with van der Waals surface area (Å²) in [6.45, 7) is 0.331. The van der Waals surface area contributed by atoms with E-state index in [0.717, 1.165) is 27.7 Å². The zero-order chi connectivity index (χ0) is 21.8. The van der Waals surface area contributed by atoms with E-state index in [1.165, 1.54) is 11.8 Å². The summed E-state index contributed by atoms with van der Waals surface area (Å²) in [5.74, 6) is 1.74. The van der Waals surface area contributed by atoms with E-state index in [4.69, 9.17) is 4.74 Å². The first-order chi connectivity index (χ1) is 15.1. The quantitative estimate of drug-likeness (QED) is 0.616. The summed E-state index contributed by atoms with van der Waals surface area (Å²) in [7, 11) is 3.51. The highest BCUT2D eigenvalue weighted by Crippen LogP contribution is 2.35. The number of nitrogens with zero attached hydrogens (tertiary/aromatic N) is 3. The second-order valence-corrected chi connectivity index (χ2v) is 8.24. The van der Waals surface area contributed by atoms with Crippen LogP contribution < -0.4 is 15.0 Å². The van der Waals surface area contributed by atoms with Crippen LogP contribution in [0.15, 0.2) is 65.8 Å². The van der Waals surface area contributed by atoms with Crippen LogP contribution in [0.2, 0.25) is 0 Å². The molecular weight excluding hydrogens is 412 g/mol. The third kappa shape index (κ3) is 4.59. The molecule has 1 atom stereocenters. The van der Waals surface area contributed by atoms with Gasteiger partial charge in [-0.25, -0.2) is 4.98 Å². The first-order valence-corrected chi connectivity index (χ1v) is 11.0. The fourth-order valence-electron chi connectivity index (χ4n) is 3.59. The van der Waals surface area contributed by atoms with E-state index in [9.17, 15) is 9.59 Å². The number of carbonyl (C=O) groups is 2. The van der Waals surface area contributed by atoms with Crippen LogP contribution in [0.1, 0.15) is 23.9 Å². The first kappa shape index (κ1) is 21.0. The topological polar surface area (TPSA) is 76.5 Å². The molecule has 8 heteroatoms. The van der Waals surface area contributed by atoms with Gasteiger partial charge >= 0.3 is 0 Å². The van der Waals surface area contributed by atoms with E-state index in [1.807, 2.05) is 66.3 Å². The summed E-state index contributed by atoms with van der Waals surface area (Å²) in [6, 6.07) is 14.9.